The Morgan fingerprint density at radius 1 is 1.47 bits per heavy atom. The minimum atomic E-state index is 0.346. The number of piperazine rings is 1. The Kier molecular flexibility index (Phi) is 4.20. The Bertz CT molecular complexity index is 373. The molecule has 17 heavy (non-hydrogen) atoms. The average Bonchev–Trinajstić information content (AvgIpc) is 2.38. The van der Waals surface area contributed by atoms with Crippen LogP contribution in [0.3, 0.4) is 0 Å². The number of likely N-dealkylation sites (N-methyl/N-ethyl adjacent to an activating group) is 1. The molecule has 0 amide bonds. The lowest BCUT2D eigenvalue weighted by Gasteiger charge is -2.40. The van der Waals surface area contributed by atoms with Crippen molar-refractivity contribution in [2.75, 3.05) is 44.4 Å². The molecular formula is C11H19N5S. The molecule has 6 heteroatoms. The Morgan fingerprint density at radius 3 is 3.00 bits per heavy atom. The van der Waals surface area contributed by atoms with Crippen LogP contribution in [0.4, 0.5) is 5.82 Å². The Hall–Kier alpha value is -0.850. The molecule has 0 bridgehead atoms. The van der Waals surface area contributed by atoms with E-state index in [1.54, 1.807) is 18.1 Å². The van der Waals surface area contributed by atoms with Crippen LogP contribution in [0.1, 0.15) is 0 Å². The summed E-state index contributed by atoms with van der Waals surface area (Å²) in [5.74, 6) is 0.993. The second kappa shape index (κ2) is 5.66. The molecule has 1 atom stereocenters. The van der Waals surface area contributed by atoms with E-state index in [2.05, 4.69) is 26.8 Å². The molecule has 1 saturated heterocycles. The second-order valence-electron chi connectivity index (χ2n) is 4.26. The van der Waals surface area contributed by atoms with Gasteiger partial charge < -0.3 is 15.5 Å². The van der Waals surface area contributed by atoms with Gasteiger partial charge in [-0.05, 0) is 13.3 Å². The molecule has 2 N–H and O–H groups in total. The first-order valence-corrected chi connectivity index (χ1v) is 6.98. The maximum Gasteiger partial charge on any atom is 0.133 e. The van der Waals surface area contributed by atoms with Crippen LogP contribution in [0.5, 0.6) is 0 Å². The van der Waals surface area contributed by atoms with Crippen LogP contribution in [0, 0.1) is 0 Å². The molecule has 1 aliphatic heterocycles. The highest BCUT2D eigenvalue weighted by molar-refractivity contribution is 7.98. The summed E-state index contributed by atoms with van der Waals surface area (Å²) in [6.45, 7) is 3.68. The standard InChI is InChI=1S/C11H19N5S/c1-15-3-4-16(9(6-12)7-15)10-5-11(17-2)14-8-13-10/h5,8-9H,3-4,6-7,12H2,1-2H3. The van der Waals surface area contributed by atoms with Crippen LogP contribution < -0.4 is 10.6 Å². The van der Waals surface area contributed by atoms with Crippen molar-refractivity contribution >= 4 is 17.6 Å². The highest BCUT2D eigenvalue weighted by atomic mass is 32.2. The second-order valence-corrected chi connectivity index (χ2v) is 5.09. The summed E-state index contributed by atoms with van der Waals surface area (Å²) in [4.78, 5) is 13.2. The van der Waals surface area contributed by atoms with Gasteiger partial charge >= 0.3 is 0 Å². The third-order valence-corrected chi connectivity index (χ3v) is 3.73. The summed E-state index contributed by atoms with van der Waals surface area (Å²) in [5.41, 5.74) is 5.85. The highest BCUT2D eigenvalue weighted by Gasteiger charge is 2.25. The summed E-state index contributed by atoms with van der Waals surface area (Å²) in [7, 11) is 2.13. The highest BCUT2D eigenvalue weighted by Crippen LogP contribution is 2.20. The molecule has 2 rings (SSSR count). The van der Waals surface area contributed by atoms with Gasteiger partial charge in [-0.3, -0.25) is 0 Å². The molecule has 1 fully saturated rings. The van der Waals surface area contributed by atoms with E-state index in [9.17, 15) is 0 Å². The SMILES string of the molecule is CSc1cc(N2CCN(C)CC2CN)ncn1. The molecule has 2 heterocycles. The predicted molar refractivity (Wildman–Crippen MR) is 71.5 cm³/mol. The van der Waals surface area contributed by atoms with Crippen LogP contribution in [-0.2, 0) is 0 Å². The fourth-order valence-corrected chi connectivity index (χ4v) is 2.49. The van der Waals surface area contributed by atoms with Gasteiger partial charge in [0.25, 0.3) is 0 Å². The summed E-state index contributed by atoms with van der Waals surface area (Å²) in [6.07, 6.45) is 3.66. The van der Waals surface area contributed by atoms with E-state index in [0.29, 0.717) is 12.6 Å². The van der Waals surface area contributed by atoms with Crippen LogP contribution in [0.25, 0.3) is 0 Å². The van der Waals surface area contributed by atoms with Crippen molar-refractivity contribution in [3.63, 3.8) is 0 Å². The van der Waals surface area contributed by atoms with Crippen LogP contribution in [-0.4, -0.2) is 60.4 Å². The molecule has 0 aromatic carbocycles. The first kappa shape index (κ1) is 12.6. The van der Waals surface area contributed by atoms with E-state index in [0.717, 1.165) is 30.5 Å². The molecule has 5 nitrogen and oxygen atoms in total. The van der Waals surface area contributed by atoms with E-state index >= 15 is 0 Å². The topological polar surface area (TPSA) is 58.3 Å². The first-order valence-electron chi connectivity index (χ1n) is 5.76. The maximum absolute atomic E-state index is 5.85. The number of anilines is 1. The van der Waals surface area contributed by atoms with Crippen molar-refractivity contribution in [2.45, 2.75) is 11.1 Å². The number of rotatable bonds is 3. The number of nitrogens with two attached hydrogens (primary N) is 1. The van der Waals surface area contributed by atoms with Crippen molar-refractivity contribution in [3.05, 3.63) is 12.4 Å². The Morgan fingerprint density at radius 2 is 2.29 bits per heavy atom. The summed E-state index contributed by atoms with van der Waals surface area (Å²) in [6, 6.07) is 2.39. The summed E-state index contributed by atoms with van der Waals surface area (Å²) in [5, 5.41) is 1.00. The normalized spacial score (nSPS) is 21.8. The number of hydrogen-bond donors (Lipinski definition) is 1. The molecule has 1 unspecified atom stereocenters. The summed E-state index contributed by atoms with van der Waals surface area (Å²) >= 11 is 1.64. The number of thioether (sulfide) groups is 1. The number of nitrogens with zero attached hydrogens (tertiary/aromatic N) is 4. The first-order chi connectivity index (χ1) is 8.24. The van der Waals surface area contributed by atoms with E-state index in [4.69, 9.17) is 5.73 Å². The number of hydrogen-bond acceptors (Lipinski definition) is 6. The molecule has 94 valence electrons. The smallest absolute Gasteiger partial charge is 0.133 e. The van der Waals surface area contributed by atoms with Gasteiger partial charge in [0.1, 0.15) is 17.2 Å². The lowest BCUT2D eigenvalue weighted by molar-refractivity contribution is 0.268. The van der Waals surface area contributed by atoms with E-state index in [1.165, 1.54) is 0 Å². The Balaban J connectivity index is 2.19. The van der Waals surface area contributed by atoms with E-state index in [-0.39, 0.29) is 0 Å². The van der Waals surface area contributed by atoms with Crippen molar-refractivity contribution in [2.24, 2.45) is 5.73 Å². The molecular weight excluding hydrogens is 234 g/mol. The molecule has 0 spiro atoms. The maximum atomic E-state index is 5.85. The summed E-state index contributed by atoms with van der Waals surface area (Å²) < 4.78 is 0. The molecule has 0 aliphatic carbocycles. The largest absolute Gasteiger partial charge is 0.350 e. The molecule has 1 aliphatic rings. The van der Waals surface area contributed by atoms with Gasteiger partial charge in [-0.2, -0.15) is 0 Å². The van der Waals surface area contributed by atoms with Crippen molar-refractivity contribution in [1.29, 1.82) is 0 Å². The monoisotopic (exact) mass is 253 g/mol. The third-order valence-electron chi connectivity index (χ3n) is 3.09. The molecule has 1 aromatic rings. The predicted octanol–water partition coefficient (Wildman–Crippen LogP) is 0.278. The average molecular weight is 253 g/mol. The lowest BCUT2D eigenvalue weighted by atomic mass is 10.1. The number of aromatic nitrogens is 2. The van der Waals surface area contributed by atoms with Gasteiger partial charge in [0.2, 0.25) is 0 Å². The Labute approximate surface area is 106 Å². The quantitative estimate of drug-likeness (QED) is 0.617. The zero-order valence-electron chi connectivity index (χ0n) is 10.3. The van der Waals surface area contributed by atoms with Gasteiger partial charge in [0.15, 0.2) is 0 Å². The van der Waals surface area contributed by atoms with E-state index in [1.807, 2.05) is 12.3 Å². The third kappa shape index (κ3) is 2.88. The van der Waals surface area contributed by atoms with Gasteiger partial charge in [0.05, 0.1) is 6.04 Å². The van der Waals surface area contributed by atoms with Crippen LogP contribution >= 0.6 is 11.8 Å². The fourth-order valence-electron chi connectivity index (χ4n) is 2.11. The van der Waals surface area contributed by atoms with Crippen LogP contribution in [0.2, 0.25) is 0 Å². The zero-order valence-corrected chi connectivity index (χ0v) is 11.2. The van der Waals surface area contributed by atoms with E-state index < -0.39 is 0 Å². The molecule has 0 saturated carbocycles. The van der Waals surface area contributed by atoms with Crippen molar-refractivity contribution in [1.82, 2.24) is 14.9 Å². The minimum absolute atomic E-state index is 0.346. The zero-order chi connectivity index (χ0) is 12.3. The van der Waals surface area contributed by atoms with Crippen molar-refractivity contribution < 1.29 is 0 Å². The fraction of sp³-hybridized carbons (Fsp3) is 0.636. The van der Waals surface area contributed by atoms with Gasteiger partial charge in [0, 0.05) is 32.2 Å². The lowest BCUT2D eigenvalue weighted by Crippen LogP contribution is -2.55. The molecule has 0 radical (unpaired) electrons. The van der Waals surface area contributed by atoms with Gasteiger partial charge in [-0.25, -0.2) is 9.97 Å². The van der Waals surface area contributed by atoms with Gasteiger partial charge in [-0.1, -0.05) is 0 Å². The van der Waals surface area contributed by atoms with Crippen molar-refractivity contribution in [3.8, 4) is 0 Å². The minimum Gasteiger partial charge on any atom is -0.350 e. The molecule has 1 aromatic heterocycles. The van der Waals surface area contributed by atoms with Gasteiger partial charge in [-0.15, -0.1) is 11.8 Å². The van der Waals surface area contributed by atoms with Crippen LogP contribution in [0.15, 0.2) is 17.4 Å².